The molecular weight excluding hydrogens is 299 g/mol. The maximum Gasteiger partial charge on any atom is 0.227 e. The number of rotatable bonds is 1. The summed E-state index contributed by atoms with van der Waals surface area (Å²) in [6.07, 6.45) is 0. The number of benzene rings is 2. The van der Waals surface area contributed by atoms with Crippen molar-refractivity contribution in [3.63, 3.8) is 0 Å². The molecule has 0 aliphatic heterocycles. The van der Waals surface area contributed by atoms with Crippen LogP contribution in [0.2, 0.25) is 0 Å². The van der Waals surface area contributed by atoms with Gasteiger partial charge in [-0.05, 0) is 46.3 Å². The third kappa shape index (κ3) is 1.76. The van der Waals surface area contributed by atoms with Crippen molar-refractivity contribution >= 4 is 32.7 Å². The number of nitrogens with two attached hydrogens (primary N) is 1. The van der Waals surface area contributed by atoms with Gasteiger partial charge in [-0.2, -0.15) is 0 Å². The first-order valence-electron chi connectivity index (χ1n) is 5.25. The molecule has 0 unspecified atom stereocenters. The topological polar surface area (TPSA) is 52.0 Å². The molecule has 1 heterocycles. The lowest BCUT2D eigenvalue weighted by Crippen LogP contribution is -1.90. The fourth-order valence-corrected chi connectivity index (χ4v) is 2.15. The summed E-state index contributed by atoms with van der Waals surface area (Å²) in [6, 6.07) is 9.99. The highest BCUT2D eigenvalue weighted by molar-refractivity contribution is 9.10. The molecule has 90 valence electrons. The van der Waals surface area contributed by atoms with Crippen molar-refractivity contribution in [3.05, 3.63) is 46.7 Å². The fraction of sp³-hybridized carbons (Fsp3) is 0. The van der Waals surface area contributed by atoms with E-state index in [2.05, 4.69) is 20.9 Å². The Morgan fingerprint density at radius 1 is 1.22 bits per heavy atom. The van der Waals surface area contributed by atoms with E-state index >= 15 is 0 Å². The van der Waals surface area contributed by atoms with E-state index in [1.54, 1.807) is 6.07 Å². The molecule has 0 saturated carbocycles. The summed E-state index contributed by atoms with van der Waals surface area (Å²) < 4.78 is 19.6. The lowest BCUT2D eigenvalue weighted by Gasteiger charge is -1.98. The number of nitrogens with zero attached hydrogens (tertiary/aromatic N) is 1. The van der Waals surface area contributed by atoms with E-state index in [0.29, 0.717) is 17.0 Å². The number of nitrogen functional groups attached to an aromatic ring is 1. The molecule has 0 radical (unpaired) electrons. The van der Waals surface area contributed by atoms with Gasteiger partial charge in [0.05, 0.1) is 10.2 Å². The number of hydrogen-bond acceptors (Lipinski definition) is 3. The smallest absolute Gasteiger partial charge is 0.227 e. The predicted molar refractivity (Wildman–Crippen MR) is 71.5 cm³/mol. The molecule has 5 heteroatoms. The van der Waals surface area contributed by atoms with E-state index < -0.39 is 5.82 Å². The van der Waals surface area contributed by atoms with Gasteiger partial charge in [-0.3, -0.25) is 0 Å². The van der Waals surface area contributed by atoms with Crippen LogP contribution in [0, 0.1) is 5.82 Å². The quantitative estimate of drug-likeness (QED) is 0.692. The Bertz CT molecular complexity index is 739. The number of halogens is 2. The van der Waals surface area contributed by atoms with Crippen LogP contribution in [-0.2, 0) is 0 Å². The van der Waals surface area contributed by atoms with Crippen molar-refractivity contribution in [2.45, 2.75) is 0 Å². The van der Waals surface area contributed by atoms with E-state index in [1.807, 2.05) is 18.2 Å². The highest BCUT2D eigenvalue weighted by Crippen LogP contribution is 2.30. The molecule has 3 nitrogen and oxygen atoms in total. The standard InChI is InChI=1S/C13H8BrFN2O/c14-8-2-1-3-11-12(8)18-13(17-11)7-4-5-9(15)10(16)6-7/h1-6H,16H2. The number of anilines is 1. The molecule has 0 aliphatic carbocycles. The Morgan fingerprint density at radius 2 is 2.06 bits per heavy atom. The second kappa shape index (κ2) is 4.10. The van der Waals surface area contributed by atoms with Crippen molar-refractivity contribution < 1.29 is 8.81 Å². The maximum absolute atomic E-state index is 13.1. The van der Waals surface area contributed by atoms with E-state index in [-0.39, 0.29) is 5.69 Å². The van der Waals surface area contributed by atoms with Crippen molar-refractivity contribution in [2.75, 3.05) is 5.73 Å². The molecule has 0 spiro atoms. The van der Waals surface area contributed by atoms with E-state index in [1.165, 1.54) is 12.1 Å². The SMILES string of the molecule is Nc1cc(-c2nc3cccc(Br)c3o2)ccc1F. The number of aromatic nitrogens is 1. The molecule has 2 N–H and O–H groups in total. The minimum Gasteiger partial charge on any atom is -0.435 e. The maximum atomic E-state index is 13.1. The van der Waals surface area contributed by atoms with Crippen LogP contribution < -0.4 is 5.73 Å². The second-order valence-corrected chi connectivity index (χ2v) is 4.70. The minimum absolute atomic E-state index is 0.0776. The first kappa shape index (κ1) is 11.2. The van der Waals surface area contributed by atoms with Crippen LogP contribution in [0.1, 0.15) is 0 Å². The first-order chi connectivity index (χ1) is 8.65. The minimum atomic E-state index is -0.448. The van der Waals surface area contributed by atoms with Gasteiger partial charge in [-0.15, -0.1) is 0 Å². The summed E-state index contributed by atoms with van der Waals surface area (Å²) in [5.41, 5.74) is 7.66. The molecule has 3 aromatic rings. The van der Waals surface area contributed by atoms with E-state index in [0.717, 1.165) is 9.99 Å². The Labute approximate surface area is 111 Å². The van der Waals surface area contributed by atoms with Crippen LogP contribution >= 0.6 is 15.9 Å². The summed E-state index contributed by atoms with van der Waals surface area (Å²) >= 11 is 3.39. The zero-order valence-electron chi connectivity index (χ0n) is 9.15. The van der Waals surface area contributed by atoms with Gasteiger partial charge in [0.15, 0.2) is 5.58 Å². The highest BCUT2D eigenvalue weighted by atomic mass is 79.9. The Morgan fingerprint density at radius 3 is 2.78 bits per heavy atom. The Kier molecular flexibility index (Phi) is 2.56. The zero-order chi connectivity index (χ0) is 12.7. The number of para-hydroxylation sites is 1. The van der Waals surface area contributed by atoms with Crippen LogP contribution in [-0.4, -0.2) is 4.98 Å². The van der Waals surface area contributed by atoms with Gasteiger partial charge in [0, 0.05) is 5.56 Å². The predicted octanol–water partition coefficient (Wildman–Crippen LogP) is 3.98. The van der Waals surface area contributed by atoms with Gasteiger partial charge >= 0.3 is 0 Å². The summed E-state index contributed by atoms with van der Waals surface area (Å²) in [4.78, 5) is 4.34. The van der Waals surface area contributed by atoms with E-state index in [9.17, 15) is 4.39 Å². The second-order valence-electron chi connectivity index (χ2n) is 3.84. The lowest BCUT2D eigenvalue weighted by molar-refractivity contribution is 0.616. The zero-order valence-corrected chi connectivity index (χ0v) is 10.7. The third-order valence-corrected chi connectivity index (χ3v) is 3.23. The fourth-order valence-electron chi connectivity index (χ4n) is 1.72. The van der Waals surface area contributed by atoms with Crippen LogP contribution in [0.25, 0.3) is 22.6 Å². The molecule has 0 aliphatic rings. The largest absolute Gasteiger partial charge is 0.435 e. The van der Waals surface area contributed by atoms with Gasteiger partial charge in [-0.1, -0.05) is 6.07 Å². The average molecular weight is 307 g/mol. The molecule has 0 saturated heterocycles. The van der Waals surface area contributed by atoms with Gasteiger partial charge in [0.25, 0.3) is 0 Å². The van der Waals surface area contributed by atoms with Crippen molar-refractivity contribution in [3.8, 4) is 11.5 Å². The number of oxazole rings is 1. The summed E-state index contributed by atoms with van der Waals surface area (Å²) in [5, 5.41) is 0. The average Bonchev–Trinajstić information content (AvgIpc) is 2.78. The van der Waals surface area contributed by atoms with Crippen LogP contribution in [0.3, 0.4) is 0 Å². The van der Waals surface area contributed by atoms with Gasteiger partial charge in [0.1, 0.15) is 11.3 Å². The van der Waals surface area contributed by atoms with Crippen LogP contribution in [0.15, 0.2) is 45.3 Å². The summed E-state index contributed by atoms with van der Waals surface area (Å²) in [5.74, 6) is -0.0281. The van der Waals surface area contributed by atoms with Crippen molar-refractivity contribution in [1.82, 2.24) is 4.98 Å². The highest BCUT2D eigenvalue weighted by Gasteiger charge is 2.11. The number of hydrogen-bond donors (Lipinski definition) is 1. The molecule has 0 fully saturated rings. The molecule has 3 rings (SSSR count). The normalized spacial score (nSPS) is 11.0. The molecule has 0 bridgehead atoms. The number of fused-ring (bicyclic) bond motifs is 1. The molecule has 18 heavy (non-hydrogen) atoms. The molecule has 2 aromatic carbocycles. The molecule has 0 atom stereocenters. The lowest BCUT2D eigenvalue weighted by atomic mass is 10.2. The van der Waals surface area contributed by atoms with Gasteiger partial charge < -0.3 is 10.2 Å². The Balaban J connectivity index is 2.19. The van der Waals surface area contributed by atoms with Gasteiger partial charge in [-0.25, -0.2) is 9.37 Å². The molecule has 0 amide bonds. The van der Waals surface area contributed by atoms with Crippen LogP contribution in [0.5, 0.6) is 0 Å². The molecular formula is C13H8BrFN2O. The summed E-state index contributed by atoms with van der Waals surface area (Å²) in [7, 11) is 0. The van der Waals surface area contributed by atoms with Crippen molar-refractivity contribution in [1.29, 1.82) is 0 Å². The first-order valence-corrected chi connectivity index (χ1v) is 6.05. The monoisotopic (exact) mass is 306 g/mol. The van der Waals surface area contributed by atoms with Gasteiger partial charge in [0.2, 0.25) is 5.89 Å². The Hall–Kier alpha value is -1.88. The summed E-state index contributed by atoms with van der Waals surface area (Å²) in [6.45, 7) is 0. The van der Waals surface area contributed by atoms with Crippen LogP contribution in [0.4, 0.5) is 10.1 Å². The van der Waals surface area contributed by atoms with Crippen molar-refractivity contribution in [2.24, 2.45) is 0 Å². The third-order valence-electron chi connectivity index (χ3n) is 2.61. The van der Waals surface area contributed by atoms with E-state index in [4.69, 9.17) is 10.2 Å². The molecule has 1 aromatic heterocycles.